The standard InChI is InChI=1S/C10H12BrNO2S2/c1-4-5-8(3)12-16(13,14)9-6-7(2)10(11)15-9/h1,6,8,12H,5H2,2-3H3. The molecule has 0 spiro atoms. The molecule has 0 saturated carbocycles. The van der Waals surface area contributed by atoms with Gasteiger partial charge in [-0.2, -0.15) is 0 Å². The fourth-order valence-electron chi connectivity index (χ4n) is 1.11. The molecule has 0 aliphatic rings. The fraction of sp³-hybridized carbons (Fsp3) is 0.400. The molecule has 0 aliphatic carbocycles. The first-order valence-electron chi connectivity index (χ1n) is 4.58. The average Bonchev–Trinajstić information content (AvgIpc) is 2.47. The van der Waals surface area contributed by atoms with Crippen LogP contribution in [-0.2, 0) is 10.0 Å². The molecular weight excluding hydrogens is 310 g/mol. The first-order valence-corrected chi connectivity index (χ1v) is 7.68. The number of hydrogen-bond donors (Lipinski definition) is 1. The van der Waals surface area contributed by atoms with E-state index in [-0.39, 0.29) is 6.04 Å². The van der Waals surface area contributed by atoms with E-state index in [4.69, 9.17) is 6.42 Å². The van der Waals surface area contributed by atoms with Gasteiger partial charge in [-0.15, -0.1) is 23.7 Å². The zero-order chi connectivity index (χ0) is 12.3. The highest BCUT2D eigenvalue weighted by atomic mass is 79.9. The van der Waals surface area contributed by atoms with Gasteiger partial charge >= 0.3 is 0 Å². The Morgan fingerprint density at radius 3 is 2.75 bits per heavy atom. The Morgan fingerprint density at radius 2 is 2.31 bits per heavy atom. The van der Waals surface area contributed by atoms with Crippen LogP contribution in [0.15, 0.2) is 14.1 Å². The van der Waals surface area contributed by atoms with Crippen LogP contribution in [0.25, 0.3) is 0 Å². The molecule has 1 N–H and O–H groups in total. The van der Waals surface area contributed by atoms with Crippen molar-refractivity contribution >= 4 is 37.3 Å². The number of nitrogens with one attached hydrogen (secondary N) is 1. The van der Waals surface area contributed by atoms with Gasteiger partial charge in [-0.25, -0.2) is 13.1 Å². The number of sulfonamides is 1. The third kappa shape index (κ3) is 3.32. The van der Waals surface area contributed by atoms with E-state index in [1.807, 2.05) is 6.92 Å². The summed E-state index contributed by atoms with van der Waals surface area (Å²) >= 11 is 4.50. The summed E-state index contributed by atoms with van der Waals surface area (Å²) in [6.45, 7) is 3.59. The Hall–Kier alpha value is -0.350. The molecule has 16 heavy (non-hydrogen) atoms. The summed E-state index contributed by atoms with van der Waals surface area (Å²) in [4.78, 5) is 0. The highest BCUT2D eigenvalue weighted by Gasteiger charge is 2.20. The van der Waals surface area contributed by atoms with E-state index >= 15 is 0 Å². The highest BCUT2D eigenvalue weighted by molar-refractivity contribution is 9.11. The molecule has 3 nitrogen and oxygen atoms in total. The summed E-state index contributed by atoms with van der Waals surface area (Å²) < 4.78 is 27.5. The van der Waals surface area contributed by atoms with E-state index in [0.29, 0.717) is 10.6 Å². The second kappa shape index (κ2) is 5.32. The number of rotatable bonds is 4. The van der Waals surface area contributed by atoms with Gasteiger partial charge in [-0.1, -0.05) is 0 Å². The molecule has 1 unspecified atom stereocenters. The molecule has 0 saturated heterocycles. The number of thiophene rings is 1. The number of terminal acetylenes is 1. The minimum absolute atomic E-state index is 0.254. The van der Waals surface area contributed by atoms with Gasteiger partial charge in [0.05, 0.1) is 3.79 Å². The van der Waals surface area contributed by atoms with Crippen LogP contribution in [0.1, 0.15) is 18.9 Å². The zero-order valence-corrected chi connectivity index (χ0v) is 12.2. The van der Waals surface area contributed by atoms with E-state index in [0.717, 1.165) is 9.35 Å². The van der Waals surface area contributed by atoms with Crippen LogP contribution in [0.4, 0.5) is 0 Å². The van der Waals surface area contributed by atoms with Crippen LogP contribution in [0.3, 0.4) is 0 Å². The molecule has 1 atom stereocenters. The van der Waals surface area contributed by atoms with Gasteiger partial charge in [0.2, 0.25) is 10.0 Å². The predicted molar refractivity (Wildman–Crippen MR) is 70.0 cm³/mol. The van der Waals surface area contributed by atoms with E-state index in [1.165, 1.54) is 11.3 Å². The van der Waals surface area contributed by atoms with Crippen LogP contribution < -0.4 is 4.72 Å². The third-order valence-corrected chi connectivity index (χ3v) is 6.08. The van der Waals surface area contributed by atoms with Crippen LogP contribution in [0, 0.1) is 19.3 Å². The van der Waals surface area contributed by atoms with Crippen LogP contribution in [0.5, 0.6) is 0 Å². The normalized spacial score (nSPS) is 13.4. The quantitative estimate of drug-likeness (QED) is 0.866. The van der Waals surface area contributed by atoms with E-state index in [9.17, 15) is 8.42 Å². The SMILES string of the molecule is C#CCC(C)NS(=O)(=O)c1cc(C)c(Br)s1. The molecule has 1 heterocycles. The summed E-state index contributed by atoms with van der Waals surface area (Å²) in [6, 6.07) is 1.39. The molecule has 1 aromatic heterocycles. The number of halogens is 1. The second-order valence-corrected chi connectivity index (χ2v) is 7.76. The molecule has 0 fully saturated rings. The maximum absolute atomic E-state index is 11.9. The molecule has 1 aromatic rings. The Balaban J connectivity index is 2.91. The van der Waals surface area contributed by atoms with Crippen molar-refractivity contribution in [2.24, 2.45) is 0 Å². The van der Waals surface area contributed by atoms with Crippen molar-refractivity contribution < 1.29 is 8.42 Å². The van der Waals surface area contributed by atoms with Crippen molar-refractivity contribution in [2.45, 2.75) is 30.5 Å². The Bertz CT molecular complexity index is 494. The summed E-state index contributed by atoms with van der Waals surface area (Å²) in [5, 5.41) is 0. The molecular formula is C10H12BrNO2S2. The van der Waals surface area contributed by atoms with Crippen molar-refractivity contribution in [3.63, 3.8) is 0 Å². The Kier molecular flexibility index (Phi) is 4.56. The molecule has 88 valence electrons. The molecule has 0 aromatic carbocycles. The van der Waals surface area contributed by atoms with E-state index in [1.54, 1.807) is 13.0 Å². The average molecular weight is 322 g/mol. The predicted octanol–water partition coefficient (Wildman–Crippen LogP) is 2.51. The number of aryl methyl sites for hydroxylation is 1. The summed E-state index contributed by atoms with van der Waals surface area (Å²) in [7, 11) is -3.44. The maximum atomic E-state index is 11.9. The van der Waals surface area contributed by atoms with Gasteiger partial charge in [0.25, 0.3) is 0 Å². The topological polar surface area (TPSA) is 46.2 Å². The van der Waals surface area contributed by atoms with Gasteiger partial charge in [0, 0.05) is 12.5 Å². The van der Waals surface area contributed by atoms with Crippen LogP contribution in [-0.4, -0.2) is 14.5 Å². The smallest absolute Gasteiger partial charge is 0.207 e. The van der Waals surface area contributed by atoms with Crippen molar-refractivity contribution in [3.05, 3.63) is 15.4 Å². The van der Waals surface area contributed by atoms with E-state index in [2.05, 4.69) is 26.6 Å². The summed E-state index contributed by atoms with van der Waals surface area (Å²) in [5.74, 6) is 2.43. The minimum Gasteiger partial charge on any atom is -0.207 e. The first kappa shape index (κ1) is 13.7. The lowest BCUT2D eigenvalue weighted by molar-refractivity contribution is 0.565. The Morgan fingerprint density at radius 1 is 1.69 bits per heavy atom. The first-order chi connectivity index (χ1) is 7.36. The lowest BCUT2D eigenvalue weighted by Crippen LogP contribution is -2.31. The lowest BCUT2D eigenvalue weighted by atomic mass is 10.3. The molecule has 1 rings (SSSR count). The highest BCUT2D eigenvalue weighted by Crippen LogP contribution is 2.30. The lowest BCUT2D eigenvalue weighted by Gasteiger charge is -2.09. The molecule has 0 radical (unpaired) electrons. The molecule has 0 bridgehead atoms. The molecule has 0 amide bonds. The van der Waals surface area contributed by atoms with Gasteiger partial charge in [-0.05, 0) is 41.4 Å². The third-order valence-electron chi connectivity index (χ3n) is 1.88. The van der Waals surface area contributed by atoms with Gasteiger partial charge < -0.3 is 0 Å². The van der Waals surface area contributed by atoms with Crippen molar-refractivity contribution in [3.8, 4) is 12.3 Å². The van der Waals surface area contributed by atoms with Crippen LogP contribution in [0.2, 0.25) is 0 Å². The largest absolute Gasteiger partial charge is 0.250 e. The van der Waals surface area contributed by atoms with E-state index < -0.39 is 10.0 Å². The van der Waals surface area contributed by atoms with Gasteiger partial charge in [0.15, 0.2) is 0 Å². The summed E-state index contributed by atoms with van der Waals surface area (Å²) in [5.41, 5.74) is 0.912. The second-order valence-electron chi connectivity index (χ2n) is 3.45. The van der Waals surface area contributed by atoms with Crippen molar-refractivity contribution in [1.29, 1.82) is 0 Å². The number of hydrogen-bond acceptors (Lipinski definition) is 3. The van der Waals surface area contributed by atoms with Crippen molar-refractivity contribution in [2.75, 3.05) is 0 Å². The molecule has 0 aliphatic heterocycles. The van der Waals surface area contributed by atoms with Crippen molar-refractivity contribution in [1.82, 2.24) is 4.72 Å². The fourth-order valence-corrected chi connectivity index (χ4v) is 4.59. The zero-order valence-electron chi connectivity index (χ0n) is 8.95. The summed E-state index contributed by atoms with van der Waals surface area (Å²) in [6.07, 6.45) is 5.51. The monoisotopic (exact) mass is 321 g/mol. The van der Waals surface area contributed by atoms with Gasteiger partial charge in [-0.3, -0.25) is 0 Å². The maximum Gasteiger partial charge on any atom is 0.250 e. The minimum atomic E-state index is -3.44. The van der Waals surface area contributed by atoms with Crippen LogP contribution >= 0.6 is 27.3 Å². The molecule has 6 heteroatoms. The Labute approximate surface area is 108 Å². The van der Waals surface area contributed by atoms with Gasteiger partial charge in [0.1, 0.15) is 4.21 Å².